The van der Waals surface area contributed by atoms with Gasteiger partial charge in [-0.15, -0.1) is 0 Å². The van der Waals surface area contributed by atoms with E-state index in [9.17, 15) is 0 Å². The minimum absolute atomic E-state index is 0.447. The molecule has 0 aliphatic carbocycles. The molecule has 2 N–H and O–H groups in total. The molecule has 4 rings (SSSR count). The van der Waals surface area contributed by atoms with Crippen molar-refractivity contribution in [2.45, 2.75) is 18.9 Å². The van der Waals surface area contributed by atoms with E-state index < -0.39 is 0 Å². The van der Waals surface area contributed by atoms with E-state index in [-0.39, 0.29) is 0 Å². The van der Waals surface area contributed by atoms with Gasteiger partial charge in [-0.3, -0.25) is 0 Å². The number of nitrogens with zero attached hydrogens (tertiary/aromatic N) is 4. The smallest absolute Gasteiger partial charge is 0.237 e. The average Bonchev–Trinajstić information content (AvgIpc) is 3.06. The monoisotopic (exact) mass is 328 g/mol. The number of pyridine rings is 1. The van der Waals surface area contributed by atoms with Crippen molar-refractivity contribution in [2.75, 3.05) is 42.5 Å². The van der Waals surface area contributed by atoms with Crippen LogP contribution in [0, 0.1) is 0 Å². The first-order valence-corrected chi connectivity index (χ1v) is 8.06. The highest BCUT2D eigenvalue weighted by Crippen LogP contribution is 2.34. The van der Waals surface area contributed by atoms with Gasteiger partial charge < -0.3 is 25.0 Å². The second kappa shape index (κ2) is 6.48. The number of anilines is 4. The standard InChI is InChI=1S/C16H20N6O2/c1-23-15-12(3-2-6-17-15)20-16-18-9-13-14(21-16)22(10-19-13)11-4-7-24-8-5-11/h2-3,6,9,11,19H,4-5,7-8,10H2,1H3,(H,18,20,21). The van der Waals surface area contributed by atoms with Crippen LogP contribution in [0.3, 0.4) is 0 Å². The van der Waals surface area contributed by atoms with Gasteiger partial charge >= 0.3 is 0 Å². The molecule has 0 unspecified atom stereocenters. The van der Waals surface area contributed by atoms with Gasteiger partial charge in [0.25, 0.3) is 0 Å². The van der Waals surface area contributed by atoms with E-state index in [4.69, 9.17) is 14.5 Å². The molecule has 2 aromatic rings. The van der Waals surface area contributed by atoms with Crippen LogP contribution in [0.15, 0.2) is 24.5 Å². The zero-order valence-corrected chi connectivity index (χ0v) is 13.5. The summed E-state index contributed by atoms with van der Waals surface area (Å²) in [6, 6.07) is 4.17. The summed E-state index contributed by atoms with van der Waals surface area (Å²) in [6.07, 6.45) is 5.53. The molecule has 8 nitrogen and oxygen atoms in total. The van der Waals surface area contributed by atoms with Crippen LogP contribution in [0.4, 0.5) is 23.1 Å². The van der Waals surface area contributed by atoms with Gasteiger partial charge in [0.2, 0.25) is 11.8 Å². The zero-order chi connectivity index (χ0) is 16.4. The van der Waals surface area contributed by atoms with Crippen molar-refractivity contribution < 1.29 is 9.47 Å². The maximum absolute atomic E-state index is 5.46. The van der Waals surface area contributed by atoms with Crippen LogP contribution < -0.4 is 20.3 Å². The molecule has 0 bridgehead atoms. The molecule has 0 spiro atoms. The first kappa shape index (κ1) is 14.9. The second-order valence-electron chi connectivity index (χ2n) is 5.76. The molecule has 0 radical (unpaired) electrons. The van der Waals surface area contributed by atoms with Crippen LogP contribution in [-0.2, 0) is 4.74 Å². The summed E-state index contributed by atoms with van der Waals surface area (Å²) in [4.78, 5) is 15.6. The number of nitrogens with one attached hydrogen (secondary N) is 2. The Morgan fingerprint density at radius 3 is 3.04 bits per heavy atom. The van der Waals surface area contributed by atoms with E-state index in [0.717, 1.165) is 49.9 Å². The van der Waals surface area contributed by atoms with E-state index in [2.05, 4.69) is 25.5 Å². The van der Waals surface area contributed by atoms with E-state index in [0.29, 0.717) is 17.9 Å². The predicted octanol–water partition coefficient (Wildman–Crippen LogP) is 1.99. The van der Waals surface area contributed by atoms with Crippen LogP contribution in [-0.4, -0.2) is 48.0 Å². The van der Waals surface area contributed by atoms with Crippen LogP contribution in [0.25, 0.3) is 0 Å². The van der Waals surface area contributed by atoms with Gasteiger partial charge in [0.05, 0.1) is 25.7 Å². The largest absolute Gasteiger partial charge is 0.480 e. The Morgan fingerprint density at radius 1 is 1.33 bits per heavy atom. The Bertz CT molecular complexity index is 719. The first-order chi connectivity index (χ1) is 11.8. The maximum Gasteiger partial charge on any atom is 0.237 e. The molecule has 2 aliphatic rings. The molecule has 0 aromatic carbocycles. The van der Waals surface area contributed by atoms with Crippen molar-refractivity contribution in [3.05, 3.63) is 24.5 Å². The van der Waals surface area contributed by atoms with Crippen molar-refractivity contribution in [1.29, 1.82) is 0 Å². The van der Waals surface area contributed by atoms with Crippen molar-refractivity contribution >= 4 is 23.1 Å². The maximum atomic E-state index is 5.46. The number of ether oxygens (including phenoxy) is 2. The average molecular weight is 328 g/mol. The fourth-order valence-electron chi connectivity index (χ4n) is 3.09. The van der Waals surface area contributed by atoms with Crippen molar-refractivity contribution in [1.82, 2.24) is 15.0 Å². The molecular weight excluding hydrogens is 308 g/mol. The summed E-state index contributed by atoms with van der Waals surface area (Å²) < 4.78 is 10.7. The van der Waals surface area contributed by atoms with Gasteiger partial charge in [-0.1, -0.05) is 0 Å². The Hall–Kier alpha value is -2.61. The number of aromatic nitrogens is 3. The van der Waals surface area contributed by atoms with E-state index in [1.54, 1.807) is 13.3 Å². The van der Waals surface area contributed by atoms with Crippen LogP contribution >= 0.6 is 0 Å². The molecule has 0 amide bonds. The molecular formula is C16H20N6O2. The van der Waals surface area contributed by atoms with Crippen LogP contribution in [0.2, 0.25) is 0 Å². The van der Waals surface area contributed by atoms with Crippen LogP contribution in [0.5, 0.6) is 5.88 Å². The Balaban J connectivity index is 1.58. The summed E-state index contributed by atoms with van der Waals surface area (Å²) in [5.41, 5.74) is 1.70. The van der Waals surface area contributed by atoms with Crippen molar-refractivity contribution in [2.24, 2.45) is 0 Å². The molecule has 2 aliphatic heterocycles. The van der Waals surface area contributed by atoms with E-state index in [1.165, 1.54) is 0 Å². The lowest BCUT2D eigenvalue weighted by Crippen LogP contribution is -2.39. The molecule has 1 fully saturated rings. The number of fused-ring (bicyclic) bond motifs is 1. The number of methoxy groups -OCH3 is 1. The molecule has 0 atom stereocenters. The number of hydrogen-bond acceptors (Lipinski definition) is 8. The molecule has 2 aromatic heterocycles. The lowest BCUT2D eigenvalue weighted by Gasteiger charge is -2.31. The molecule has 24 heavy (non-hydrogen) atoms. The minimum Gasteiger partial charge on any atom is -0.480 e. The lowest BCUT2D eigenvalue weighted by molar-refractivity contribution is 0.0849. The summed E-state index contributed by atoms with van der Waals surface area (Å²) in [5, 5.41) is 6.54. The number of hydrogen-bond donors (Lipinski definition) is 2. The minimum atomic E-state index is 0.447. The third kappa shape index (κ3) is 2.80. The Morgan fingerprint density at radius 2 is 2.21 bits per heavy atom. The van der Waals surface area contributed by atoms with E-state index >= 15 is 0 Å². The Labute approximate surface area is 140 Å². The molecule has 4 heterocycles. The van der Waals surface area contributed by atoms with Gasteiger partial charge in [0.1, 0.15) is 5.69 Å². The molecule has 126 valence electrons. The lowest BCUT2D eigenvalue weighted by atomic mass is 10.1. The van der Waals surface area contributed by atoms with Gasteiger partial charge in [-0.2, -0.15) is 4.98 Å². The third-order valence-corrected chi connectivity index (χ3v) is 4.32. The second-order valence-corrected chi connectivity index (χ2v) is 5.76. The summed E-state index contributed by atoms with van der Waals surface area (Å²) in [5.74, 6) is 1.98. The summed E-state index contributed by atoms with van der Waals surface area (Å²) in [7, 11) is 1.59. The Kier molecular flexibility index (Phi) is 4.04. The summed E-state index contributed by atoms with van der Waals surface area (Å²) in [6.45, 7) is 2.37. The zero-order valence-electron chi connectivity index (χ0n) is 13.5. The van der Waals surface area contributed by atoms with Gasteiger partial charge in [-0.25, -0.2) is 9.97 Å². The van der Waals surface area contributed by atoms with Gasteiger partial charge in [0.15, 0.2) is 5.82 Å². The van der Waals surface area contributed by atoms with Crippen molar-refractivity contribution in [3.8, 4) is 5.88 Å². The van der Waals surface area contributed by atoms with Gasteiger partial charge in [-0.05, 0) is 25.0 Å². The SMILES string of the molecule is COc1ncccc1Nc1ncc2c(n1)N(C1CCOCC1)CN2. The van der Waals surface area contributed by atoms with Crippen molar-refractivity contribution in [3.63, 3.8) is 0 Å². The van der Waals surface area contributed by atoms with E-state index in [1.807, 2.05) is 18.3 Å². The van der Waals surface area contributed by atoms with Gasteiger partial charge in [0, 0.05) is 25.5 Å². The molecule has 0 saturated carbocycles. The topological polar surface area (TPSA) is 84.4 Å². The fourth-order valence-corrected chi connectivity index (χ4v) is 3.09. The highest BCUT2D eigenvalue weighted by Gasteiger charge is 2.29. The number of rotatable bonds is 4. The fraction of sp³-hybridized carbons (Fsp3) is 0.438. The molecule has 1 saturated heterocycles. The normalized spacial score (nSPS) is 17.3. The summed E-state index contributed by atoms with van der Waals surface area (Å²) >= 11 is 0. The quantitative estimate of drug-likeness (QED) is 0.881. The third-order valence-electron chi connectivity index (χ3n) is 4.32. The molecule has 8 heteroatoms. The highest BCUT2D eigenvalue weighted by molar-refractivity contribution is 5.72. The first-order valence-electron chi connectivity index (χ1n) is 8.06. The predicted molar refractivity (Wildman–Crippen MR) is 90.9 cm³/mol. The highest BCUT2D eigenvalue weighted by atomic mass is 16.5. The van der Waals surface area contributed by atoms with Crippen LogP contribution in [0.1, 0.15) is 12.8 Å².